The Labute approximate surface area is 151 Å². The van der Waals surface area contributed by atoms with Gasteiger partial charge in [-0.2, -0.15) is 5.10 Å². The molecular weight excluding hydrogens is 354 g/mol. The monoisotopic (exact) mass is 375 g/mol. The zero-order valence-corrected chi connectivity index (χ0v) is 15.7. The number of aromatic nitrogens is 3. The number of nitrogens with zero attached hydrogens (tertiary/aromatic N) is 3. The third-order valence-corrected chi connectivity index (χ3v) is 6.10. The molecule has 0 spiro atoms. The van der Waals surface area contributed by atoms with Crippen LogP contribution in [0.15, 0.2) is 45.0 Å². The molecule has 0 aliphatic rings. The molecule has 3 aromatic rings. The summed E-state index contributed by atoms with van der Waals surface area (Å²) in [5.41, 5.74) is 6.90. The number of rotatable bonds is 5. The first-order valence-electron chi connectivity index (χ1n) is 8.05. The van der Waals surface area contributed by atoms with Gasteiger partial charge in [0.25, 0.3) is 5.56 Å². The van der Waals surface area contributed by atoms with Crippen LogP contribution in [0.5, 0.6) is 0 Å². The number of anilines is 1. The van der Waals surface area contributed by atoms with E-state index in [0.29, 0.717) is 13.1 Å². The standard InChI is InChI=1S/C17H21N5O3S/c1-11-4-6-12(7-5-11)26(24,25)15-13-10-19-20-17(23)14(13)22(16(15)18)9-8-21(2)3/h4-7,10H,8-9,18H2,1-3H3,(H,20,23). The number of aromatic amines is 1. The van der Waals surface area contributed by atoms with Crippen molar-refractivity contribution in [2.45, 2.75) is 23.3 Å². The molecule has 0 saturated heterocycles. The quantitative estimate of drug-likeness (QED) is 0.688. The van der Waals surface area contributed by atoms with Gasteiger partial charge in [0.1, 0.15) is 16.2 Å². The maximum Gasteiger partial charge on any atom is 0.288 e. The molecule has 0 aliphatic carbocycles. The summed E-state index contributed by atoms with van der Waals surface area (Å²) in [4.78, 5) is 14.3. The van der Waals surface area contributed by atoms with Crippen molar-refractivity contribution in [2.24, 2.45) is 0 Å². The van der Waals surface area contributed by atoms with Crippen LogP contribution >= 0.6 is 0 Å². The molecule has 26 heavy (non-hydrogen) atoms. The molecule has 2 heterocycles. The lowest BCUT2D eigenvalue weighted by molar-refractivity contribution is 0.387. The van der Waals surface area contributed by atoms with Crippen molar-refractivity contribution in [3.8, 4) is 0 Å². The number of sulfone groups is 1. The summed E-state index contributed by atoms with van der Waals surface area (Å²) in [6, 6.07) is 6.51. The molecule has 0 amide bonds. The first kappa shape index (κ1) is 18.2. The van der Waals surface area contributed by atoms with Crippen molar-refractivity contribution in [2.75, 3.05) is 26.4 Å². The Morgan fingerprint density at radius 3 is 2.50 bits per heavy atom. The Bertz CT molecular complexity index is 1110. The first-order chi connectivity index (χ1) is 12.2. The lowest BCUT2D eigenvalue weighted by atomic mass is 10.2. The molecule has 0 bridgehead atoms. The molecule has 0 atom stereocenters. The van der Waals surface area contributed by atoms with Crippen LogP contribution in [-0.2, 0) is 16.4 Å². The average Bonchev–Trinajstić information content (AvgIpc) is 2.86. The Morgan fingerprint density at radius 2 is 1.88 bits per heavy atom. The molecule has 2 aromatic heterocycles. The molecule has 1 aromatic carbocycles. The van der Waals surface area contributed by atoms with E-state index in [0.717, 1.165) is 5.56 Å². The molecule has 3 N–H and O–H groups in total. The highest BCUT2D eigenvalue weighted by atomic mass is 32.2. The maximum atomic E-state index is 13.2. The van der Waals surface area contributed by atoms with E-state index in [9.17, 15) is 13.2 Å². The zero-order valence-electron chi connectivity index (χ0n) is 14.9. The Kier molecular flexibility index (Phi) is 4.59. The van der Waals surface area contributed by atoms with E-state index in [2.05, 4.69) is 10.2 Å². The van der Waals surface area contributed by atoms with Crippen LogP contribution in [0.2, 0.25) is 0 Å². The summed E-state index contributed by atoms with van der Waals surface area (Å²) in [6.07, 6.45) is 1.33. The second-order valence-corrected chi connectivity index (χ2v) is 8.33. The van der Waals surface area contributed by atoms with E-state index >= 15 is 0 Å². The van der Waals surface area contributed by atoms with E-state index in [1.165, 1.54) is 22.9 Å². The van der Waals surface area contributed by atoms with Crippen LogP contribution in [0.25, 0.3) is 10.9 Å². The van der Waals surface area contributed by atoms with Gasteiger partial charge in [0.15, 0.2) is 0 Å². The number of likely N-dealkylation sites (N-methyl/N-ethyl adjacent to an activating group) is 1. The molecule has 8 nitrogen and oxygen atoms in total. The molecule has 0 saturated carbocycles. The van der Waals surface area contributed by atoms with Gasteiger partial charge in [-0.1, -0.05) is 17.7 Å². The van der Waals surface area contributed by atoms with Crippen LogP contribution in [0.4, 0.5) is 5.82 Å². The molecule has 138 valence electrons. The second kappa shape index (κ2) is 6.58. The van der Waals surface area contributed by atoms with Gasteiger partial charge in [-0.3, -0.25) is 4.79 Å². The van der Waals surface area contributed by atoms with E-state index in [-0.39, 0.29) is 26.5 Å². The molecular formula is C17H21N5O3S. The summed E-state index contributed by atoms with van der Waals surface area (Å²) < 4.78 is 27.9. The molecule has 0 aliphatic heterocycles. The van der Waals surface area contributed by atoms with Crippen molar-refractivity contribution in [3.05, 3.63) is 46.4 Å². The number of fused-ring (bicyclic) bond motifs is 1. The third kappa shape index (κ3) is 2.99. The van der Waals surface area contributed by atoms with Gasteiger partial charge in [-0.05, 0) is 33.2 Å². The highest BCUT2D eigenvalue weighted by Crippen LogP contribution is 2.34. The van der Waals surface area contributed by atoms with Gasteiger partial charge in [-0.25, -0.2) is 13.5 Å². The van der Waals surface area contributed by atoms with Crippen molar-refractivity contribution in [3.63, 3.8) is 0 Å². The van der Waals surface area contributed by atoms with Crippen LogP contribution in [0.1, 0.15) is 5.56 Å². The number of nitrogens with one attached hydrogen (secondary N) is 1. The van der Waals surface area contributed by atoms with Crippen molar-refractivity contribution in [1.82, 2.24) is 19.7 Å². The van der Waals surface area contributed by atoms with Gasteiger partial charge in [0, 0.05) is 18.5 Å². The smallest absolute Gasteiger partial charge is 0.288 e. The maximum absolute atomic E-state index is 13.2. The van der Waals surface area contributed by atoms with Crippen molar-refractivity contribution >= 4 is 26.6 Å². The molecule has 0 fully saturated rings. The summed E-state index contributed by atoms with van der Waals surface area (Å²) >= 11 is 0. The molecule has 0 radical (unpaired) electrons. The summed E-state index contributed by atoms with van der Waals surface area (Å²) in [7, 11) is -0.127. The highest BCUT2D eigenvalue weighted by molar-refractivity contribution is 7.92. The van der Waals surface area contributed by atoms with E-state index in [1.807, 2.05) is 25.9 Å². The van der Waals surface area contributed by atoms with Crippen molar-refractivity contribution in [1.29, 1.82) is 0 Å². The predicted molar refractivity (Wildman–Crippen MR) is 100.0 cm³/mol. The zero-order chi connectivity index (χ0) is 19.1. The predicted octanol–water partition coefficient (Wildman–Crippen LogP) is 1.01. The summed E-state index contributed by atoms with van der Waals surface area (Å²) in [5, 5.41) is 6.34. The van der Waals surface area contributed by atoms with Crippen LogP contribution in [0, 0.1) is 6.92 Å². The van der Waals surface area contributed by atoms with E-state index in [1.54, 1.807) is 12.1 Å². The normalized spacial score (nSPS) is 12.2. The lowest BCUT2D eigenvalue weighted by Gasteiger charge is -2.12. The van der Waals surface area contributed by atoms with Crippen LogP contribution in [0.3, 0.4) is 0 Å². The van der Waals surface area contributed by atoms with Gasteiger partial charge in [0.05, 0.1) is 11.1 Å². The fourth-order valence-electron chi connectivity index (χ4n) is 2.86. The highest BCUT2D eigenvalue weighted by Gasteiger charge is 2.29. The Morgan fingerprint density at radius 1 is 1.23 bits per heavy atom. The number of hydrogen-bond acceptors (Lipinski definition) is 6. The molecule has 9 heteroatoms. The number of nitrogens with two attached hydrogens (primary N) is 1. The largest absolute Gasteiger partial charge is 0.384 e. The van der Waals surface area contributed by atoms with Gasteiger partial charge in [-0.15, -0.1) is 0 Å². The minimum Gasteiger partial charge on any atom is -0.384 e. The van der Waals surface area contributed by atoms with Crippen molar-refractivity contribution < 1.29 is 8.42 Å². The summed E-state index contributed by atoms with van der Waals surface area (Å²) in [6.45, 7) is 2.85. The number of H-pyrrole nitrogens is 1. The number of nitrogen functional groups attached to an aromatic ring is 1. The molecule has 0 unspecified atom stereocenters. The van der Waals surface area contributed by atoms with Crippen LogP contribution in [-0.4, -0.2) is 48.7 Å². The SMILES string of the molecule is Cc1ccc(S(=O)(=O)c2c(N)n(CCN(C)C)c3c(=O)[nH]ncc23)cc1. The van der Waals surface area contributed by atoms with Gasteiger partial charge < -0.3 is 15.2 Å². The van der Waals surface area contributed by atoms with Gasteiger partial charge >= 0.3 is 0 Å². The number of benzene rings is 1. The number of aryl methyl sites for hydroxylation is 1. The fraction of sp³-hybridized carbons (Fsp3) is 0.294. The van der Waals surface area contributed by atoms with E-state index < -0.39 is 15.4 Å². The Hall–Kier alpha value is -2.65. The van der Waals surface area contributed by atoms with E-state index in [4.69, 9.17) is 5.73 Å². The topological polar surface area (TPSA) is 114 Å². The minimum absolute atomic E-state index is 0.0425. The summed E-state index contributed by atoms with van der Waals surface area (Å²) in [5.74, 6) is 0.0425. The average molecular weight is 375 g/mol. The van der Waals surface area contributed by atoms with Crippen LogP contribution < -0.4 is 11.3 Å². The number of hydrogen-bond donors (Lipinski definition) is 2. The van der Waals surface area contributed by atoms with Gasteiger partial charge in [0.2, 0.25) is 9.84 Å². The first-order valence-corrected chi connectivity index (χ1v) is 9.53. The molecule has 3 rings (SSSR count). The third-order valence-electron chi connectivity index (χ3n) is 4.24. The minimum atomic E-state index is -3.90. The second-order valence-electron chi connectivity index (χ2n) is 6.45. The Balaban J connectivity index is 2.30. The lowest BCUT2D eigenvalue weighted by Crippen LogP contribution is -2.21. The fourth-order valence-corrected chi connectivity index (χ4v) is 4.41.